The molecule has 0 atom stereocenters. The molecule has 0 spiro atoms. The highest BCUT2D eigenvalue weighted by atomic mass is 16.2. The van der Waals surface area contributed by atoms with Crippen LogP contribution in [0.25, 0.3) is 0 Å². The van der Waals surface area contributed by atoms with Crippen LogP contribution in [-0.2, 0) is 11.3 Å². The van der Waals surface area contributed by atoms with Crippen LogP contribution >= 0.6 is 0 Å². The molecule has 94 valence electrons. The fraction of sp³-hybridized carbons (Fsp3) is 0.500. The Morgan fingerprint density at radius 2 is 2.00 bits per heavy atom. The van der Waals surface area contributed by atoms with Crippen LogP contribution in [0.2, 0.25) is 0 Å². The monoisotopic (exact) mass is 234 g/mol. The van der Waals surface area contributed by atoms with Crippen LogP contribution in [0.5, 0.6) is 0 Å². The van der Waals surface area contributed by atoms with Gasteiger partial charge in [-0.05, 0) is 30.5 Å². The van der Waals surface area contributed by atoms with Crippen molar-refractivity contribution in [1.29, 1.82) is 0 Å². The zero-order valence-corrected chi connectivity index (χ0v) is 10.9. The number of amides is 1. The van der Waals surface area contributed by atoms with Crippen LogP contribution in [0.4, 0.5) is 5.69 Å². The van der Waals surface area contributed by atoms with Gasteiger partial charge in [0.15, 0.2) is 0 Å². The molecule has 0 unspecified atom stereocenters. The Hall–Kier alpha value is -1.35. The molecule has 1 amide bonds. The van der Waals surface area contributed by atoms with E-state index in [2.05, 4.69) is 13.8 Å². The van der Waals surface area contributed by atoms with Gasteiger partial charge in [-0.25, -0.2) is 0 Å². The topological polar surface area (TPSA) is 46.3 Å². The average Bonchev–Trinajstić information content (AvgIpc) is 2.39. The predicted molar refractivity (Wildman–Crippen MR) is 71.8 cm³/mol. The Kier molecular flexibility index (Phi) is 5.16. The van der Waals surface area contributed by atoms with E-state index in [1.54, 1.807) is 4.90 Å². The van der Waals surface area contributed by atoms with Crippen molar-refractivity contribution in [3.8, 4) is 0 Å². The van der Waals surface area contributed by atoms with E-state index in [0.717, 1.165) is 24.1 Å². The standard InChI is InChI=1S/C14H22N2O/c1-4-12(5-2)14(17)16(3)13-8-6-7-11(9-13)10-15/h6-9,12H,4-5,10,15H2,1-3H3. The molecular weight excluding hydrogens is 212 g/mol. The fourth-order valence-corrected chi connectivity index (χ4v) is 1.93. The number of benzene rings is 1. The Bertz CT molecular complexity index is 372. The van der Waals surface area contributed by atoms with Crippen LogP contribution in [0.15, 0.2) is 24.3 Å². The van der Waals surface area contributed by atoms with Gasteiger partial charge in [0.1, 0.15) is 0 Å². The van der Waals surface area contributed by atoms with Gasteiger partial charge in [-0.1, -0.05) is 26.0 Å². The molecule has 1 aromatic rings. The van der Waals surface area contributed by atoms with Crippen molar-refractivity contribution in [3.05, 3.63) is 29.8 Å². The molecule has 2 N–H and O–H groups in total. The van der Waals surface area contributed by atoms with E-state index in [-0.39, 0.29) is 11.8 Å². The number of anilines is 1. The summed E-state index contributed by atoms with van der Waals surface area (Å²) in [7, 11) is 1.83. The molecule has 0 aliphatic carbocycles. The second-order valence-electron chi connectivity index (χ2n) is 4.28. The van der Waals surface area contributed by atoms with Crippen molar-refractivity contribution in [2.75, 3.05) is 11.9 Å². The quantitative estimate of drug-likeness (QED) is 0.851. The summed E-state index contributed by atoms with van der Waals surface area (Å²) < 4.78 is 0. The summed E-state index contributed by atoms with van der Waals surface area (Å²) in [6.45, 7) is 4.60. The minimum atomic E-state index is 0.113. The summed E-state index contributed by atoms with van der Waals surface area (Å²) >= 11 is 0. The second kappa shape index (κ2) is 6.40. The lowest BCUT2D eigenvalue weighted by Gasteiger charge is -2.22. The zero-order chi connectivity index (χ0) is 12.8. The molecule has 0 radical (unpaired) electrons. The highest BCUT2D eigenvalue weighted by molar-refractivity contribution is 5.94. The third-order valence-corrected chi connectivity index (χ3v) is 3.20. The van der Waals surface area contributed by atoms with Crippen molar-refractivity contribution < 1.29 is 4.79 Å². The number of rotatable bonds is 5. The first kappa shape index (κ1) is 13.7. The van der Waals surface area contributed by atoms with Crippen LogP contribution in [0.1, 0.15) is 32.3 Å². The minimum Gasteiger partial charge on any atom is -0.326 e. The molecule has 0 saturated carbocycles. The smallest absolute Gasteiger partial charge is 0.229 e. The molecule has 0 saturated heterocycles. The lowest BCUT2D eigenvalue weighted by molar-refractivity contribution is -0.122. The second-order valence-corrected chi connectivity index (χ2v) is 4.28. The van der Waals surface area contributed by atoms with E-state index >= 15 is 0 Å². The summed E-state index contributed by atoms with van der Waals surface area (Å²) in [4.78, 5) is 13.9. The highest BCUT2D eigenvalue weighted by Crippen LogP contribution is 2.19. The van der Waals surface area contributed by atoms with Gasteiger partial charge in [0.05, 0.1) is 0 Å². The first-order chi connectivity index (χ1) is 8.13. The molecular formula is C14H22N2O. The largest absolute Gasteiger partial charge is 0.326 e. The number of hydrogen-bond acceptors (Lipinski definition) is 2. The number of hydrogen-bond donors (Lipinski definition) is 1. The number of carbonyl (C=O) groups is 1. The molecule has 17 heavy (non-hydrogen) atoms. The van der Waals surface area contributed by atoms with Crippen LogP contribution in [0.3, 0.4) is 0 Å². The number of nitrogens with two attached hydrogens (primary N) is 1. The van der Waals surface area contributed by atoms with Crippen LogP contribution in [-0.4, -0.2) is 13.0 Å². The molecule has 1 rings (SSSR count). The lowest BCUT2D eigenvalue weighted by atomic mass is 10.0. The maximum atomic E-state index is 12.2. The van der Waals surface area contributed by atoms with Gasteiger partial charge < -0.3 is 10.6 Å². The van der Waals surface area contributed by atoms with Crippen molar-refractivity contribution in [3.63, 3.8) is 0 Å². The van der Waals surface area contributed by atoms with E-state index < -0.39 is 0 Å². The Morgan fingerprint density at radius 3 is 2.53 bits per heavy atom. The van der Waals surface area contributed by atoms with E-state index in [0.29, 0.717) is 6.54 Å². The third-order valence-electron chi connectivity index (χ3n) is 3.20. The zero-order valence-electron chi connectivity index (χ0n) is 10.9. The summed E-state index contributed by atoms with van der Waals surface area (Å²) in [5, 5.41) is 0. The maximum absolute atomic E-state index is 12.2. The molecule has 0 aliphatic rings. The van der Waals surface area contributed by atoms with Gasteiger partial charge >= 0.3 is 0 Å². The van der Waals surface area contributed by atoms with Gasteiger partial charge in [0.25, 0.3) is 0 Å². The van der Waals surface area contributed by atoms with Gasteiger partial charge in [-0.2, -0.15) is 0 Å². The third kappa shape index (κ3) is 3.30. The van der Waals surface area contributed by atoms with Crippen molar-refractivity contribution in [1.82, 2.24) is 0 Å². The number of carbonyl (C=O) groups excluding carboxylic acids is 1. The normalized spacial score (nSPS) is 10.6. The predicted octanol–water partition coefficient (Wildman–Crippen LogP) is 2.54. The summed E-state index contributed by atoms with van der Waals surface area (Å²) in [6.07, 6.45) is 1.77. The molecule has 0 fully saturated rings. The molecule has 3 nitrogen and oxygen atoms in total. The van der Waals surface area contributed by atoms with Gasteiger partial charge in [0.2, 0.25) is 5.91 Å². The summed E-state index contributed by atoms with van der Waals surface area (Å²) in [5.74, 6) is 0.297. The molecule has 0 bridgehead atoms. The minimum absolute atomic E-state index is 0.113. The summed E-state index contributed by atoms with van der Waals surface area (Å²) in [6, 6.07) is 7.83. The van der Waals surface area contributed by atoms with E-state index in [1.165, 1.54) is 0 Å². The van der Waals surface area contributed by atoms with Gasteiger partial charge in [0, 0.05) is 25.2 Å². The van der Waals surface area contributed by atoms with Crippen LogP contribution < -0.4 is 10.6 Å². The van der Waals surface area contributed by atoms with E-state index in [9.17, 15) is 4.79 Å². The molecule has 0 aliphatic heterocycles. The van der Waals surface area contributed by atoms with E-state index in [4.69, 9.17) is 5.73 Å². The van der Waals surface area contributed by atoms with Gasteiger partial charge in [-0.3, -0.25) is 4.79 Å². The van der Waals surface area contributed by atoms with Crippen LogP contribution in [0, 0.1) is 5.92 Å². The van der Waals surface area contributed by atoms with Gasteiger partial charge in [-0.15, -0.1) is 0 Å². The molecule has 0 aromatic heterocycles. The average molecular weight is 234 g/mol. The summed E-state index contributed by atoms with van der Waals surface area (Å²) in [5.41, 5.74) is 7.57. The fourth-order valence-electron chi connectivity index (χ4n) is 1.93. The molecule has 0 heterocycles. The van der Waals surface area contributed by atoms with E-state index in [1.807, 2.05) is 31.3 Å². The first-order valence-electron chi connectivity index (χ1n) is 6.20. The Morgan fingerprint density at radius 1 is 1.35 bits per heavy atom. The van der Waals surface area contributed by atoms with Crippen molar-refractivity contribution in [2.45, 2.75) is 33.2 Å². The molecule has 1 aromatic carbocycles. The lowest BCUT2D eigenvalue weighted by Crippen LogP contribution is -2.32. The Labute approximate surface area is 104 Å². The van der Waals surface area contributed by atoms with Crippen molar-refractivity contribution in [2.24, 2.45) is 11.7 Å². The maximum Gasteiger partial charge on any atom is 0.229 e. The SMILES string of the molecule is CCC(CC)C(=O)N(C)c1cccc(CN)c1. The van der Waals surface area contributed by atoms with Crippen molar-refractivity contribution >= 4 is 11.6 Å². The first-order valence-corrected chi connectivity index (χ1v) is 6.20. The molecule has 3 heteroatoms. The highest BCUT2D eigenvalue weighted by Gasteiger charge is 2.19. The Balaban J connectivity index is 2.87. The number of nitrogens with zero attached hydrogens (tertiary/aromatic N) is 1.